The zero-order valence-electron chi connectivity index (χ0n) is 18.5. The van der Waals surface area contributed by atoms with Crippen molar-refractivity contribution in [1.29, 1.82) is 0 Å². The van der Waals surface area contributed by atoms with Crippen LogP contribution in [0.5, 0.6) is 5.75 Å². The molecule has 0 spiro atoms. The number of carbonyl (C=O) groups is 1. The molecule has 3 heterocycles. The zero-order chi connectivity index (χ0) is 22.3. The summed E-state index contributed by atoms with van der Waals surface area (Å²) in [5.41, 5.74) is 3.50. The van der Waals surface area contributed by atoms with Crippen molar-refractivity contribution in [3.63, 3.8) is 0 Å². The molecule has 166 valence electrons. The number of hydrogen-bond acceptors (Lipinski definition) is 6. The molecule has 4 rings (SSSR count). The quantitative estimate of drug-likeness (QED) is 0.520. The van der Waals surface area contributed by atoms with Crippen LogP contribution in [0.25, 0.3) is 11.1 Å². The fourth-order valence-corrected chi connectivity index (χ4v) is 4.06. The predicted molar refractivity (Wildman–Crippen MR) is 121 cm³/mol. The van der Waals surface area contributed by atoms with Gasteiger partial charge in [0.25, 0.3) is 5.91 Å². The number of piperidine rings is 1. The largest absolute Gasteiger partial charge is 0.491 e. The molecule has 3 aromatic rings. The van der Waals surface area contributed by atoms with Gasteiger partial charge in [-0.15, -0.1) is 0 Å². The minimum atomic E-state index is -0.0984. The smallest absolute Gasteiger partial charge is 0.254 e. The average Bonchev–Trinajstić information content (AvgIpc) is 2.85. The Bertz CT molecular complexity index is 1040. The van der Waals surface area contributed by atoms with Crippen LogP contribution in [0, 0.1) is 6.92 Å². The topological polar surface area (TPSA) is 77.4 Å². The lowest BCUT2D eigenvalue weighted by molar-refractivity contribution is 0.0606. The van der Waals surface area contributed by atoms with E-state index >= 15 is 0 Å². The minimum absolute atomic E-state index is 0.00934. The standard InChI is InChI=1S/C25H28N4O3/c1-18-27-17-22(19-10-12-26-13-11-19)24(28-18)23-5-3-4-14-29(23)25(30)20-6-8-21(9-7-20)32-16-15-31-2/h6-13,17,23H,3-5,14-16H2,1-2H3/t23-/m0/s1. The fourth-order valence-electron chi connectivity index (χ4n) is 4.06. The molecule has 7 nitrogen and oxygen atoms in total. The minimum Gasteiger partial charge on any atom is -0.491 e. The first kappa shape index (κ1) is 21.9. The SMILES string of the molecule is COCCOc1ccc(C(=O)N2CCCC[C@H]2c2nc(C)ncc2-c2ccncc2)cc1. The van der Waals surface area contributed by atoms with E-state index in [0.29, 0.717) is 31.1 Å². The molecule has 32 heavy (non-hydrogen) atoms. The van der Waals surface area contributed by atoms with Gasteiger partial charge in [-0.25, -0.2) is 9.97 Å². The number of likely N-dealkylation sites (tertiary alicyclic amines) is 1. The van der Waals surface area contributed by atoms with Crippen molar-refractivity contribution in [2.75, 3.05) is 26.9 Å². The molecule has 1 aromatic carbocycles. The van der Waals surface area contributed by atoms with Gasteiger partial charge in [0.2, 0.25) is 0 Å². The third-order valence-corrected chi connectivity index (χ3v) is 5.67. The maximum absolute atomic E-state index is 13.5. The third kappa shape index (κ3) is 4.94. The zero-order valence-corrected chi connectivity index (χ0v) is 18.5. The Morgan fingerprint density at radius 3 is 2.62 bits per heavy atom. The van der Waals surface area contributed by atoms with Gasteiger partial charge in [0, 0.05) is 43.4 Å². The third-order valence-electron chi connectivity index (χ3n) is 5.67. The van der Waals surface area contributed by atoms with E-state index in [-0.39, 0.29) is 11.9 Å². The number of carbonyl (C=O) groups excluding carboxylic acids is 1. The summed E-state index contributed by atoms with van der Waals surface area (Å²) in [5, 5.41) is 0. The van der Waals surface area contributed by atoms with Crippen molar-refractivity contribution in [2.45, 2.75) is 32.2 Å². The highest BCUT2D eigenvalue weighted by molar-refractivity contribution is 5.94. The Hall–Kier alpha value is -3.32. The van der Waals surface area contributed by atoms with E-state index < -0.39 is 0 Å². The molecule has 1 amide bonds. The van der Waals surface area contributed by atoms with Gasteiger partial charge in [-0.2, -0.15) is 0 Å². The number of aryl methyl sites for hydroxylation is 1. The van der Waals surface area contributed by atoms with Crippen molar-refractivity contribution in [1.82, 2.24) is 19.9 Å². The van der Waals surface area contributed by atoms with Crippen LogP contribution in [0.1, 0.15) is 47.2 Å². The second-order valence-corrected chi connectivity index (χ2v) is 7.83. The highest BCUT2D eigenvalue weighted by Crippen LogP contribution is 2.36. The molecule has 0 unspecified atom stereocenters. The number of methoxy groups -OCH3 is 1. The molecule has 1 aliphatic heterocycles. The van der Waals surface area contributed by atoms with Gasteiger partial charge in [0.05, 0.1) is 18.3 Å². The molecule has 1 saturated heterocycles. The Balaban J connectivity index is 1.61. The van der Waals surface area contributed by atoms with Gasteiger partial charge in [-0.05, 0) is 68.1 Å². The molecule has 0 N–H and O–H groups in total. The summed E-state index contributed by atoms with van der Waals surface area (Å²) in [6.07, 6.45) is 8.29. The van der Waals surface area contributed by atoms with Gasteiger partial charge in [-0.1, -0.05) is 0 Å². The second-order valence-electron chi connectivity index (χ2n) is 7.83. The molecule has 7 heteroatoms. The number of ether oxygens (including phenoxy) is 2. The Kier molecular flexibility index (Phi) is 7.07. The fraction of sp³-hybridized carbons (Fsp3) is 0.360. The van der Waals surface area contributed by atoms with E-state index in [1.807, 2.05) is 54.4 Å². The molecular formula is C25H28N4O3. The van der Waals surface area contributed by atoms with E-state index in [2.05, 4.69) is 9.97 Å². The van der Waals surface area contributed by atoms with Gasteiger partial charge in [0.15, 0.2) is 0 Å². The van der Waals surface area contributed by atoms with Crippen LogP contribution in [0.4, 0.5) is 0 Å². The lowest BCUT2D eigenvalue weighted by Gasteiger charge is -2.36. The van der Waals surface area contributed by atoms with Crippen molar-refractivity contribution >= 4 is 5.91 Å². The first-order valence-electron chi connectivity index (χ1n) is 10.9. The number of hydrogen-bond donors (Lipinski definition) is 0. The average molecular weight is 433 g/mol. The lowest BCUT2D eigenvalue weighted by Crippen LogP contribution is -2.39. The maximum atomic E-state index is 13.5. The number of benzene rings is 1. The summed E-state index contributed by atoms with van der Waals surface area (Å²) in [6, 6.07) is 11.1. The number of nitrogens with zero attached hydrogens (tertiary/aromatic N) is 4. The van der Waals surface area contributed by atoms with Gasteiger partial charge in [-0.3, -0.25) is 9.78 Å². The molecule has 0 saturated carbocycles. The van der Waals surface area contributed by atoms with E-state index in [1.54, 1.807) is 19.5 Å². The summed E-state index contributed by atoms with van der Waals surface area (Å²) in [7, 11) is 1.64. The van der Waals surface area contributed by atoms with Crippen LogP contribution >= 0.6 is 0 Å². The van der Waals surface area contributed by atoms with Crippen LogP contribution in [0.15, 0.2) is 55.0 Å². The molecule has 0 radical (unpaired) electrons. The molecule has 1 fully saturated rings. The molecule has 0 bridgehead atoms. The Morgan fingerprint density at radius 2 is 1.88 bits per heavy atom. The highest BCUT2D eigenvalue weighted by atomic mass is 16.5. The maximum Gasteiger partial charge on any atom is 0.254 e. The summed E-state index contributed by atoms with van der Waals surface area (Å²) in [4.78, 5) is 28.8. The van der Waals surface area contributed by atoms with E-state index in [4.69, 9.17) is 14.5 Å². The van der Waals surface area contributed by atoms with Crippen molar-refractivity contribution in [2.24, 2.45) is 0 Å². The number of amides is 1. The molecule has 0 aliphatic carbocycles. The first-order valence-corrected chi connectivity index (χ1v) is 10.9. The number of rotatable bonds is 7. The number of pyridine rings is 1. The summed E-state index contributed by atoms with van der Waals surface area (Å²) in [5.74, 6) is 1.43. The van der Waals surface area contributed by atoms with Crippen molar-refractivity contribution < 1.29 is 14.3 Å². The van der Waals surface area contributed by atoms with E-state index in [1.165, 1.54) is 0 Å². The summed E-state index contributed by atoms with van der Waals surface area (Å²) >= 11 is 0. The van der Waals surface area contributed by atoms with Gasteiger partial charge >= 0.3 is 0 Å². The van der Waals surface area contributed by atoms with Crippen LogP contribution < -0.4 is 4.74 Å². The first-order chi connectivity index (χ1) is 15.7. The van der Waals surface area contributed by atoms with Crippen LogP contribution in [-0.2, 0) is 4.74 Å². The molecule has 1 aliphatic rings. The summed E-state index contributed by atoms with van der Waals surface area (Å²) < 4.78 is 10.6. The van der Waals surface area contributed by atoms with Gasteiger partial charge in [0.1, 0.15) is 18.2 Å². The van der Waals surface area contributed by atoms with Crippen molar-refractivity contribution in [3.05, 3.63) is 72.1 Å². The Morgan fingerprint density at radius 1 is 1.09 bits per heavy atom. The Labute approximate surface area is 188 Å². The van der Waals surface area contributed by atoms with Gasteiger partial charge < -0.3 is 14.4 Å². The molecular weight excluding hydrogens is 404 g/mol. The lowest BCUT2D eigenvalue weighted by atomic mass is 9.93. The van der Waals surface area contributed by atoms with Crippen LogP contribution in [0.2, 0.25) is 0 Å². The normalized spacial score (nSPS) is 16.1. The van der Waals surface area contributed by atoms with Crippen LogP contribution in [0.3, 0.4) is 0 Å². The molecule has 1 atom stereocenters. The van der Waals surface area contributed by atoms with E-state index in [9.17, 15) is 4.79 Å². The molecule has 2 aromatic heterocycles. The van der Waals surface area contributed by atoms with Crippen molar-refractivity contribution in [3.8, 4) is 16.9 Å². The second kappa shape index (κ2) is 10.3. The number of aromatic nitrogens is 3. The van der Waals surface area contributed by atoms with Crippen LogP contribution in [-0.4, -0.2) is 52.6 Å². The van der Waals surface area contributed by atoms with E-state index in [0.717, 1.165) is 41.8 Å². The monoisotopic (exact) mass is 432 g/mol. The predicted octanol–water partition coefficient (Wildman–Crippen LogP) is 4.24. The highest BCUT2D eigenvalue weighted by Gasteiger charge is 2.31. The summed E-state index contributed by atoms with van der Waals surface area (Å²) in [6.45, 7) is 3.59.